The van der Waals surface area contributed by atoms with E-state index < -0.39 is 0 Å². The minimum Gasteiger partial charge on any atom is -0.496 e. The molecule has 0 fully saturated rings. The molecule has 0 atom stereocenters. The third kappa shape index (κ3) is 5.09. The van der Waals surface area contributed by atoms with E-state index in [2.05, 4.69) is 40.9 Å². The van der Waals surface area contributed by atoms with Gasteiger partial charge in [0.05, 0.1) is 7.11 Å². The van der Waals surface area contributed by atoms with Crippen LogP contribution in [0, 0.1) is 0 Å². The number of ether oxygens (including phenoxy) is 1. The fourth-order valence-corrected chi connectivity index (χ4v) is 2.28. The molecule has 3 heteroatoms. The van der Waals surface area contributed by atoms with E-state index in [-0.39, 0.29) is 0 Å². The number of nitrogens with zero attached hydrogens (tertiary/aromatic N) is 1. The highest BCUT2D eigenvalue weighted by molar-refractivity contribution is 9.10. The highest BCUT2D eigenvalue weighted by Crippen LogP contribution is 2.24. The summed E-state index contributed by atoms with van der Waals surface area (Å²) >= 11 is 3.51. The zero-order valence-corrected chi connectivity index (χ0v) is 12.6. The Morgan fingerprint density at radius 1 is 1.29 bits per heavy atom. The van der Waals surface area contributed by atoms with Crippen molar-refractivity contribution in [1.29, 1.82) is 0 Å². The lowest BCUT2D eigenvalue weighted by Crippen LogP contribution is -2.19. The summed E-state index contributed by atoms with van der Waals surface area (Å²) in [6.07, 6.45) is 3.84. The van der Waals surface area contributed by atoms with Crippen molar-refractivity contribution in [2.75, 3.05) is 20.7 Å². The van der Waals surface area contributed by atoms with Gasteiger partial charge < -0.3 is 9.64 Å². The first-order valence-corrected chi connectivity index (χ1v) is 6.97. The molecule has 1 aromatic carbocycles. The molecule has 0 saturated heterocycles. The van der Waals surface area contributed by atoms with Gasteiger partial charge in [0, 0.05) is 16.6 Å². The van der Waals surface area contributed by atoms with Crippen LogP contribution >= 0.6 is 15.9 Å². The molecule has 1 aromatic rings. The SMILES string of the molecule is CCCCCN(C)Cc1cc(Br)ccc1OC. The first-order chi connectivity index (χ1) is 8.17. The van der Waals surface area contributed by atoms with E-state index in [1.54, 1.807) is 7.11 Å². The van der Waals surface area contributed by atoms with Gasteiger partial charge in [-0.1, -0.05) is 35.7 Å². The molecule has 2 nitrogen and oxygen atoms in total. The second kappa shape index (κ2) is 7.72. The summed E-state index contributed by atoms with van der Waals surface area (Å²) in [5, 5.41) is 0. The molecule has 0 heterocycles. The summed E-state index contributed by atoms with van der Waals surface area (Å²) in [4.78, 5) is 2.35. The number of hydrogen-bond acceptors (Lipinski definition) is 2. The second-order valence-electron chi connectivity index (χ2n) is 4.40. The summed E-state index contributed by atoms with van der Waals surface area (Å²) in [6.45, 7) is 4.31. The van der Waals surface area contributed by atoms with E-state index in [4.69, 9.17) is 4.74 Å². The van der Waals surface area contributed by atoms with Gasteiger partial charge in [0.1, 0.15) is 5.75 Å². The number of methoxy groups -OCH3 is 1. The summed E-state index contributed by atoms with van der Waals surface area (Å²) in [5.74, 6) is 0.968. The Morgan fingerprint density at radius 2 is 2.06 bits per heavy atom. The monoisotopic (exact) mass is 299 g/mol. The van der Waals surface area contributed by atoms with Gasteiger partial charge in [0.25, 0.3) is 0 Å². The number of benzene rings is 1. The normalized spacial score (nSPS) is 10.9. The molecule has 0 aromatic heterocycles. The molecular formula is C14H22BrNO. The number of rotatable bonds is 7. The highest BCUT2D eigenvalue weighted by Gasteiger charge is 2.06. The van der Waals surface area contributed by atoms with Crippen LogP contribution in [-0.2, 0) is 6.54 Å². The molecular weight excluding hydrogens is 278 g/mol. The maximum Gasteiger partial charge on any atom is 0.123 e. The predicted molar refractivity (Wildman–Crippen MR) is 76.6 cm³/mol. The average Bonchev–Trinajstić information content (AvgIpc) is 2.29. The summed E-state index contributed by atoms with van der Waals surface area (Å²) in [7, 11) is 3.89. The first kappa shape index (κ1) is 14.5. The fraction of sp³-hybridized carbons (Fsp3) is 0.571. The van der Waals surface area contributed by atoms with E-state index >= 15 is 0 Å². The minimum atomic E-state index is 0.937. The number of halogens is 1. The molecule has 1 rings (SSSR count). The van der Waals surface area contributed by atoms with Gasteiger partial charge in [-0.2, -0.15) is 0 Å². The van der Waals surface area contributed by atoms with Crippen LogP contribution in [0.4, 0.5) is 0 Å². The van der Waals surface area contributed by atoms with Crippen LogP contribution in [0.1, 0.15) is 31.7 Å². The molecule has 96 valence electrons. The summed E-state index contributed by atoms with van der Waals surface area (Å²) in [6, 6.07) is 6.16. The molecule has 0 N–H and O–H groups in total. The van der Waals surface area contributed by atoms with Gasteiger partial charge in [-0.15, -0.1) is 0 Å². The molecule has 0 spiro atoms. The molecule has 0 amide bonds. The van der Waals surface area contributed by atoms with Crippen molar-refractivity contribution in [3.63, 3.8) is 0 Å². The van der Waals surface area contributed by atoms with Crippen LogP contribution in [0.3, 0.4) is 0 Å². The Morgan fingerprint density at radius 3 is 2.71 bits per heavy atom. The molecule has 0 aliphatic heterocycles. The Balaban J connectivity index is 2.57. The Labute approximate surface area is 113 Å². The molecule has 0 unspecified atom stereocenters. The van der Waals surface area contributed by atoms with Crippen LogP contribution in [0.25, 0.3) is 0 Å². The van der Waals surface area contributed by atoms with Gasteiger partial charge in [-0.25, -0.2) is 0 Å². The average molecular weight is 300 g/mol. The lowest BCUT2D eigenvalue weighted by atomic mass is 10.2. The number of unbranched alkanes of at least 4 members (excludes halogenated alkanes) is 2. The Kier molecular flexibility index (Phi) is 6.60. The van der Waals surface area contributed by atoms with E-state index in [0.717, 1.165) is 23.3 Å². The first-order valence-electron chi connectivity index (χ1n) is 6.18. The van der Waals surface area contributed by atoms with Crippen LogP contribution in [-0.4, -0.2) is 25.6 Å². The molecule has 0 aliphatic carbocycles. The lowest BCUT2D eigenvalue weighted by Gasteiger charge is -2.18. The third-order valence-corrected chi connectivity index (χ3v) is 3.32. The third-order valence-electron chi connectivity index (χ3n) is 2.83. The van der Waals surface area contributed by atoms with Gasteiger partial charge in [0.15, 0.2) is 0 Å². The Bertz CT molecular complexity index is 341. The van der Waals surface area contributed by atoms with E-state index in [9.17, 15) is 0 Å². The maximum absolute atomic E-state index is 5.38. The molecule has 17 heavy (non-hydrogen) atoms. The van der Waals surface area contributed by atoms with Crippen molar-refractivity contribution >= 4 is 15.9 Å². The van der Waals surface area contributed by atoms with Gasteiger partial charge >= 0.3 is 0 Å². The van der Waals surface area contributed by atoms with Crippen molar-refractivity contribution < 1.29 is 4.74 Å². The lowest BCUT2D eigenvalue weighted by molar-refractivity contribution is 0.310. The molecule has 0 radical (unpaired) electrons. The van der Waals surface area contributed by atoms with Gasteiger partial charge in [-0.05, 0) is 38.2 Å². The zero-order chi connectivity index (χ0) is 12.7. The number of hydrogen-bond donors (Lipinski definition) is 0. The van der Waals surface area contributed by atoms with Crippen LogP contribution in [0.5, 0.6) is 5.75 Å². The zero-order valence-electron chi connectivity index (χ0n) is 11.0. The fourth-order valence-electron chi connectivity index (χ4n) is 1.87. The second-order valence-corrected chi connectivity index (χ2v) is 5.32. The van der Waals surface area contributed by atoms with Crippen molar-refractivity contribution in [2.24, 2.45) is 0 Å². The van der Waals surface area contributed by atoms with Crippen LogP contribution < -0.4 is 4.74 Å². The Hall–Kier alpha value is -0.540. The maximum atomic E-state index is 5.38. The highest BCUT2D eigenvalue weighted by atomic mass is 79.9. The predicted octanol–water partition coefficient (Wildman–Crippen LogP) is 4.08. The standard InChI is InChI=1S/C14H22BrNO/c1-4-5-6-9-16(2)11-12-10-13(15)7-8-14(12)17-3/h7-8,10H,4-6,9,11H2,1-3H3. The van der Waals surface area contributed by atoms with E-state index in [1.165, 1.54) is 24.8 Å². The van der Waals surface area contributed by atoms with Gasteiger partial charge in [0.2, 0.25) is 0 Å². The molecule has 0 bridgehead atoms. The van der Waals surface area contributed by atoms with Crippen LogP contribution in [0.2, 0.25) is 0 Å². The van der Waals surface area contributed by atoms with Crippen molar-refractivity contribution in [2.45, 2.75) is 32.7 Å². The smallest absolute Gasteiger partial charge is 0.123 e. The molecule has 0 saturated carbocycles. The largest absolute Gasteiger partial charge is 0.496 e. The van der Waals surface area contributed by atoms with Crippen molar-refractivity contribution in [1.82, 2.24) is 4.90 Å². The minimum absolute atomic E-state index is 0.937. The van der Waals surface area contributed by atoms with Crippen molar-refractivity contribution in [3.8, 4) is 5.75 Å². The topological polar surface area (TPSA) is 12.5 Å². The summed E-state index contributed by atoms with van der Waals surface area (Å²) in [5.41, 5.74) is 1.24. The van der Waals surface area contributed by atoms with Crippen molar-refractivity contribution in [3.05, 3.63) is 28.2 Å². The van der Waals surface area contributed by atoms with Gasteiger partial charge in [-0.3, -0.25) is 0 Å². The quantitative estimate of drug-likeness (QED) is 0.704. The summed E-state index contributed by atoms with van der Waals surface area (Å²) < 4.78 is 6.49. The van der Waals surface area contributed by atoms with E-state index in [0.29, 0.717) is 0 Å². The molecule has 0 aliphatic rings. The van der Waals surface area contributed by atoms with Crippen LogP contribution in [0.15, 0.2) is 22.7 Å². The van der Waals surface area contributed by atoms with E-state index in [1.807, 2.05) is 12.1 Å².